The molecule has 1 saturated heterocycles. The van der Waals surface area contributed by atoms with Gasteiger partial charge in [0, 0.05) is 18.7 Å². The second kappa shape index (κ2) is 4.04. The van der Waals surface area contributed by atoms with Crippen LogP contribution in [0.3, 0.4) is 0 Å². The molecule has 0 bridgehead atoms. The van der Waals surface area contributed by atoms with Crippen molar-refractivity contribution in [2.45, 2.75) is 11.8 Å². The molecule has 2 aromatic rings. The number of anilines is 1. The second-order valence-corrected chi connectivity index (χ2v) is 4.95. The first-order valence-corrected chi connectivity index (χ1v) is 6.11. The van der Waals surface area contributed by atoms with Crippen LogP contribution in [-0.2, 0) is 4.79 Å². The van der Waals surface area contributed by atoms with E-state index in [1.54, 1.807) is 4.90 Å². The minimum Gasteiger partial charge on any atom is -0.311 e. The van der Waals surface area contributed by atoms with Gasteiger partial charge >= 0.3 is 0 Å². The molecular formula is C14H12ClNO. The first-order valence-electron chi connectivity index (χ1n) is 5.67. The third-order valence-corrected chi connectivity index (χ3v) is 3.41. The van der Waals surface area contributed by atoms with Crippen LogP contribution in [-0.4, -0.2) is 17.8 Å². The molecule has 0 radical (unpaired) electrons. The molecule has 1 unspecified atom stereocenters. The topological polar surface area (TPSA) is 20.3 Å². The van der Waals surface area contributed by atoms with Crippen LogP contribution in [0.5, 0.6) is 0 Å². The summed E-state index contributed by atoms with van der Waals surface area (Å²) >= 11 is 6.01. The Kier molecular flexibility index (Phi) is 2.52. The van der Waals surface area contributed by atoms with Gasteiger partial charge < -0.3 is 4.90 Å². The van der Waals surface area contributed by atoms with Crippen LogP contribution in [0.15, 0.2) is 42.5 Å². The predicted molar refractivity (Wildman–Crippen MR) is 70.6 cm³/mol. The summed E-state index contributed by atoms with van der Waals surface area (Å²) in [5.74, 6) is 0.111. The van der Waals surface area contributed by atoms with Crippen molar-refractivity contribution in [3.63, 3.8) is 0 Å². The Labute approximate surface area is 105 Å². The summed E-state index contributed by atoms with van der Waals surface area (Å²) in [6.45, 7) is 0.610. The Morgan fingerprint density at radius 3 is 2.59 bits per heavy atom. The second-order valence-electron chi connectivity index (χ2n) is 4.34. The fourth-order valence-corrected chi connectivity index (χ4v) is 2.53. The Morgan fingerprint density at radius 1 is 1.12 bits per heavy atom. The maximum absolute atomic E-state index is 11.8. The van der Waals surface area contributed by atoms with Gasteiger partial charge in [0.15, 0.2) is 0 Å². The van der Waals surface area contributed by atoms with Gasteiger partial charge in [0.05, 0.1) is 5.38 Å². The van der Waals surface area contributed by atoms with E-state index in [9.17, 15) is 4.79 Å². The minimum atomic E-state index is -0.0611. The number of carbonyl (C=O) groups excluding carboxylic acids is 1. The molecule has 3 heteroatoms. The van der Waals surface area contributed by atoms with Crippen LogP contribution in [0, 0.1) is 0 Å². The van der Waals surface area contributed by atoms with Crippen molar-refractivity contribution < 1.29 is 4.79 Å². The highest BCUT2D eigenvalue weighted by Gasteiger charge is 2.28. The average Bonchev–Trinajstić information content (AvgIpc) is 2.68. The zero-order chi connectivity index (χ0) is 11.8. The zero-order valence-corrected chi connectivity index (χ0v) is 10.0. The lowest BCUT2D eigenvalue weighted by Crippen LogP contribution is -2.24. The Morgan fingerprint density at radius 2 is 1.88 bits per heavy atom. The van der Waals surface area contributed by atoms with Crippen molar-refractivity contribution in [3.8, 4) is 0 Å². The van der Waals surface area contributed by atoms with E-state index in [-0.39, 0.29) is 11.3 Å². The number of nitrogens with zero attached hydrogens (tertiary/aromatic N) is 1. The lowest BCUT2D eigenvalue weighted by Gasteiger charge is -2.16. The van der Waals surface area contributed by atoms with E-state index < -0.39 is 0 Å². The van der Waals surface area contributed by atoms with E-state index in [4.69, 9.17) is 11.6 Å². The molecule has 1 atom stereocenters. The van der Waals surface area contributed by atoms with E-state index in [0.29, 0.717) is 13.0 Å². The molecule has 2 nitrogen and oxygen atoms in total. The van der Waals surface area contributed by atoms with Crippen molar-refractivity contribution in [2.75, 3.05) is 11.4 Å². The standard InChI is InChI=1S/C14H12ClNO/c15-12-8-14(17)16(9-12)13-6-5-10-3-1-2-4-11(10)7-13/h1-7,12H,8-9H2. The molecule has 0 spiro atoms. The molecule has 0 saturated carbocycles. The van der Waals surface area contributed by atoms with Crippen LogP contribution in [0.4, 0.5) is 5.69 Å². The third-order valence-electron chi connectivity index (χ3n) is 3.12. The first kappa shape index (κ1) is 10.6. The van der Waals surface area contributed by atoms with Crippen molar-refractivity contribution in [3.05, 3.63) is 42.5 Å². The molecule has 17 heavy (non-hydrogen) atoms. The molecule has 2 aromatic carbocycles. The van der Waals surface area contributed by atoms with Crippen molar-refractivity contribution in [2.24, 2.45) is 0 Å². The van der Waals surface area contributed by atoms with Gasteiger partial charge in [-0.1, -0.05) is 30.3 Å². The molecule has 0 aliphatic carbocycles. The quantitative estimate of drug-likeness (QED) is 0.707. The lowest BCUT2D eigenvalue weighted by atomic mass is 10.1. The van der Waals surface area contributed by atoms with Gasteiger partial charge in [0.25, 0.3) is 0 Å². The largest absolute Gasteiger partial charge is 0.311 e. The number of hydrogen-bond donors (Lipinski definition) is 0. The Balaban J connectivity index is 2.03. The fraction of sp³-hybridized carbons (Fsp3) is 0.214. The summed E-state index contributed by atoms with van der Waals surface area (Å²) in [4.78, 5) is 13.5. The summed E-state index contributed by atoms with van der Waals surface area (Å²) in [5.41, 5.74) is 0.942. The maximum Gasteiger partial charge on any atom is 0.228 e. The van der Waals surface area contributed by atoms with Crippen LogP contribution in [0.1, 0.15) is 6.42 Å². The highest BCUT2D eigenvalue weighted by molar-refractivity contribution is 6.24. The predicted octanol–water partition coefficient (Wildman–Crippen LogP) is 3.18. The number of amides is 1. The number of hydrogen-bond acceptors (Lipinski definition) is 1. The first-order chi connectivity index (χ1) is 8.24. The molecule has 0 aromatic heterocycles. The van der Waals surface area contributed by atoms with Crippen molar-refractivity contribution in [1.29, 1.82) is 0 Å². The molecule has 1 aliphatic rings. The highest BCUT2D eigenvalue weighted by Crippen LogP contribution is 2.27. The SMILES string of the molecule is O=C1CC(Cl)CN1c1ccc2ccccc2c1. The number of fused-ring (bicyclic) bond motifs is 1. The number of carbonyl (C=O) groups is 1. The van der Waals surface area contributed by atoms with Gasteiger partial charge in [-0.15, -0.1) is 11.6 Å². The van der Waals surface area contributed by atoms with Crippen molar-refractivity contribution in [1.82, 2.24) is 0 Å². The Bertz CT molecular complexity index is 581. The van der Waals surface area contributed by atoms with Crippen molar-refractivity contribution >= 4 is 34.0 Å². The Hall–Kier alpha value is -1.54. The number of benzene rings is 2. The average molecular weight is 246 g/mol. The lowest BCUT2D eigenvalue weighted by molar-refractivity contribution is -0.117. The third kappa shape index (κ3) is 1.89. The molecule has 1 aliphatic heterocycles. The minimum absolute atomic E-state index is 0.0611. The van der Waals surface area contributed by atoms with Crippen LogP contribution in [0.2, 0.25) is 0 Å². The van der Waals surface area contributed by atoms with E-state index in [0.717, 1.165) is 11.1 Å². The van der Waals surface area contributed by atoms with Gasteiger partial charge in [0.1, 0.15) is 0 Å². The van der Waals surface area contributed by atoms with Crippen LogP contribution in [0.25, 0.3) is 10.8 Å². The van der Waals surface area contributed by atoms with E-state index in [2.05, 4.69) is 12.1 Å². The van der Waals surface area contributed by atoms with E-state index in [1.807, 2.05) is 30.3 Å². The van der Waals surface area contributed by atoms with Gasteiger partial charge in [0.2, 0.25) is 5.91 Å². The molecule has 1 heterocycles. The van der Waals surface area contributed by atoms with E-state index in [1.165, 1.54) is 5.39 Å². The van der Waals surface area contributed by atoms with Crippen LogP contribution < -0.4 is 4.90 Å². The smallest absolute Gasteiger partial charge is 0.228 e. The summed E-state index contributed by atoms with van der Waals surface area (Å²) < 4.78 is 0. The monoisotopic (exact) mass is 245 g/mol. The molecule has 1 amide bonds. The summed E-state index contributed by atoms with van der Waals surface area (Å²) in [7, 11) is 0. The number of rotatable bonds is 1. The molecule has 0 N–H and O–H groups in total. The number of alkyl halides is 1. The highest BCUT2D eigenvalue weighted by atomic mass is 35.5. The summed E-state index contributed by atoms with van der Waals surface area (Å²) in [5, 5.41) is 2.27. The number of halogens is 1. The maximum atomic E-state index is 11.8. The zero-order valence-electron chi connectivity index (χ0n) is 9.27. The van der Waals surface area contributed by atoms with Gasteiger partial charge in [-0.2, -0.15) is 0 Å². The molecule has 1 fully saturated rings. The van der Waals surface area contributed by atoms with Gasteiger partial charge in [-0.05, 0) is 22.9 Å². The molecular weight excluding hydrogens is 234 g/mol. The summed E-state index contributed by atoms with van der Waals surface area (Å²) in [6, 6.07) is 14.2. The molecule has 3 rings (SSSR count). The normalized spacial score (nSPS) is 20.2. The van der Waals surface area contributed by atoms with E-state index >= 15 is 0 Å². The van der Waals surface area contributed by atoms with Gasteiger partial charge in [-0.25, -0.2) is 0 Å². The van der Waals surface area contributed by atoms with Crippen LogP contribution >= 0.6 is 11.6 Å². The van der Waals surface area contributed by atoms with Gasteiger partial charge in [-0.3, -0.25) is 4.79 Å². The summed E-state index contributed by atoms with van der Waals surface area (Å²) in [6.07, 6.45) is 0.439. The molecule has 86 valence electrons. The fourth-order valence-electron chi connectivity index (χ4n) is 2.26.